The molecule has 3 aromatic rings. The molecule has 0 spiro atoms. The molecule has 2 heterocycles. The molecule has 8 heteroatoms. The zero-order chi connectivity index (χ0) is 22.7. The summed E-state index contributed by atoms with van der Waals surface area (Å²) in [6, 6.07) is 11.0. The summed E-state index contributed by atoms with van der Waals surface area (Å²) < 4.78 is 7.11. The number of aromatic amines is 1. The number of H-pyrrole nitrogens is 1. The molecule has 0 amide bonds. The van der Waals surface area contributed by atoms with Crippen molar-refractivity contribution in [2.75, 3.05) is 13.2 Å². The van der Waals surface area contributed by atoms with Gasteiger partial charge in [0.1, 0.15) is 11.5 Å². The Morgan fingerprint density at radius 1 is 1.19 bits per heavy atom. The van der Waals surface area contributed by atoms with Crippen LogP contribution in [-0.2, 0) is 17.8 Å². The summed E-state index contributed by atoms with van der Waals surface area (Å²) in [4.78, 5) is 12.4. The minimum absolute atomic E-state index is 0.0226. The lowest BCUT2D eigenvalue weighted by molar-refractivity contribution is 0.110. The Labute approximate surface area is 186 Å². The maximum Gasteiger partial charge on any atom is 0.343 e. The van der Waals surface area contributed by atoms with Crippen LogP contribution in [0.3, 0.4) is 0 Å². The Kier molecular flexibility index (Phi) is 6.62. The summed E-state index contributed by atoms with van der Waals surface area (Å²) in [7, 11) is 0. The summed E-state index contributed by atoms with van der Waals surface area (Å²) in [6.07, 6.45) is 2.56. The quantitative estimate of drug-likeness (QED) is 0.430. The first-order valence-electron chi connectivity index (χ1n) is 11.0. The van der Waals surface area contributed by atoms with E-state index in [1.807, 2.05) is 38.1 Å². The van der Waals surface area contributed by atoms with Crippen LogP contribution in [0.2, 0.25) is 0 Å². The predicted molar refractivity (Wildman–Crippen MR) is 122 cm³/mol. The highest BCUT2D eigenvalue weighted by Gasteiger charge is 2.19. The Bertz CT molecular complexity index is 1110. The molecule has 32 heavy (non-hydrogen) atoms. The third kappa shape index (κ3) is 4.87. The number of nitrogens with one attached hydrogen (secondary N) is 2. The average molecular weight is 439 g/mol. The Balaban J connectivity index is 1.49. The van der Waals surface area contributed by atoms with Crippen molar-refractivity contribution in [2.45, 2.75) is 51.8 Å². The van der Waals surface area contributed by atoms with E-state index in [9.17, 15) is 15.0 Å². The van der Waals surface area contributed by atoms with Gasteiger partial charge in [0.2, 0.25) is 0 Å². The number of aromatic hydroxyl groups is 2. The van der Waals surface area contributed by atoms with Crippen molar-refractivity contribution in [3.05, 3.63) is 63.6 Å². The van der Waals surface area contributed by atoms with E-state index in [1.165, 1.54) is 10.6 Å². The summed E-state index contributed by atoms with van der Waals surface area (Å²) in [5.41, 5.74) is 2.82. The Hall–Kier alpha value is -3.10. The number of benzene rings is 2. The zero-order valence-corrected chi connectivity index (χ0v) is 18.5. The lowest BCUT2D eigenvalue weighted by atomic mass is 9.98. The van der Waals surface area contributed by atoms with E-state index in [4.69, 9.17) is 4.74 Å². The summed E-state index contributed by atoms with van der Waals surface area (Å²) in [5, 5.41) is 30.6. The number of aromatic nitrogens is 3. The monoisotopic (exact) mass is 438 g/mol. The van der Waals surface area contributed by atoms with Crippen molar-refractivity contribution < 1.29 is 14.9 Å². The molecule has 0 aliphatic carbocycles. The number of phenols is 2. The maximum absolute atomic E-state index is 12.4. The van der Waals surface area contributed by atoms with E-state index in [0.717, 1.165) is 43.7 Å². The van der Waals surface area contributed by atoms with E-state index in [-0.39, 0.29) is 23.1 Å². The van der Waals surface area contributed by atoms with Gasteiger partial charge in [-0.1, -0.05) is 38.1 Å². The van der Waals surface area contributed by atoms with Gasteiger partial charge in [-0.15, -0.1) is 0 Å². The van der Waals surface area contributed by atoms with Gasteiger partial charge < -0.3 is 20.3 Å². The van der Waals surface area contributed by atoms with Gasteiger partial charge in [-0.25, -0.2) is 9.89 Å². The molecule has 1 aliphatic rings. The SMILES string of the molecule is CC(C)c1cc(-c2n[nH]c(=O)n2Cc2ccc(CNCC3CCCO3)cc2)c(O)cc1O. The molecule has 170 valence electrons. The number of ether oxygens (including phenoxy) is 1. The zero-order valence-electron chi connectivity index (χ0n) is 18.5. The fourth-order valence-corrected chi connectivity index (χ4v) is 4.03. The maximum atomic E-state index is 12.4. The molecule has 8 nitrogen and oxygen atoms in total. The number of hydrogen-bond acceptors (Lipinski definition) is 6. The molecule has 1 saturated heterocycles. The van der Waals surface area contributed by atoms with Crippen molar-refractivity contribution in [1.29, 1.82) is 0 Å². The first-order valence-corrected chi connectivity index (χ1v) is 11.0. The number of hydrogen-bond donors (Lipinski definition) is 4. The van der Waals surface area contributed by atoms with Crippen molar-refractivity contribution in [3.63, 3.8) is 0 Å². The molecule has 0 radical (unpaired) electrons. The van der Waals surface area contributed by atoms with Crippen LogP contribution < -0.4 is 11.0 Å². The molecular weight excluding hydrogens is 408 g/mol. The van der Waals surface area contributed by atoms with Crippen LogP contribution in [0.4, 0.5) is 0 Å². The van der Waals surface area contributed by atoms with Crippen LogP contribution in [-0.4, -0.2) is 44.2 Å². The largest absolute Gasteiger partial charge is 0.508 e. The van der Waals surface area contributed by atoms with Crippen LogP contribution in [0.15, 0.2) is 41.2 Å². The summed E-state index contributed by atoms with van der Waals surface area (Å²) in [5.74, 6) is 0.278. The third-order valence-electron chi connectivity index (χ3n) is 5.85. The molecule has 1 atom stereocenters. The van der Waals surface area contributed by atoms with Crippen LogP contribution in [0.25, 0.3) is 11.4 Å². The van der Waals surface area contributed by atoms with Gasteiger partial charge in [0.25, 0.3) is 0 Å². The molecule has 1 aromatic heterocycles. The second-order valence-corrected chi connectivity index (χ2v) is 8.60. The lowest BCUT2D eigenvalue weighted by Gasteiger charge is -2.13. The van der Waals surface area contributed by atoms with Crippen LogP contribution in [0.1, 0.15) is 49.3 Å². The van der Waals surface area contributed by atoms with Crippen LogP contribution in [0, 0.1) is 0 Å². The van der Waals surface area contributed by atoms with Crippen molar-refractivity contribution in [3.8, 4) is 22.9 Å². The van der Waals surface area contributed by atoms with Gasteiger partial charge in [0, 0.05) is 25.8 Å². The van der Waals surface area contributed by atoms with Gasteiger partial charge in [-0.3, -0.25) is 4.57 Å². The average Bonchev–Trinajstić information content (AvgIpc) is 3.40. The van der Waals surface area contributed by atoms with Crippen molar-refractivity contribution >= 4 is 0 Å². The molecular formula is C24H30N4O4. The highest BCUT2D eigenvalue weighted by molar-refractivity contribution is 5.67. The molecule has 0 bridgehead atoms. The minimum Gasteiger partial charge on any atom is -0.508 e. The standard InChI is InChI=1S/C24H30N4O4/c1-15(2)19-10-20(22(30)11-21(19)29)23-26-27-24(31)28(23)14-17-7-5-16(6-8-17)12-25-13-18-4-3-9-32-18/h5-8,10-11,15,18,25,29-30H,3-4,9,12-14H2,1-2H3,(H,27,31). The van der Waals surface area contributed by atoms with E-state index in [1.54, 1.807) is 6.07 Å². The highest BCUT2D eigenvalue weighted by atomic mass is 16.5. The Morgan fingerprint density at radius 3 is 2.62 bits per heavy atom. The Morgan fingerprint density at radius 2 is 1.94 bits per heavy atom. The lowest BCUT2D eigenvalue weighted by Crippen LogP contribution is -2.25. The summed E-state index contributed by atoms with van der Waals surface area (Å²) in [6.45, 7) is 6.68. The highest BCUT2D eigenvalue weighted by Crippen LogP contribution is 2.36. The topological polar surface area (TPSA) is 112 Å². The smallest absolute Gasteiger partial charge is 0.343 e. The normalized spacial score (nSPS) is 16.2. The van der Waals surface area contributed by atoms with Crippen molar-refractivity contribution in [1.82, 2.24) is 20.1 Å². The van der Waals surface area contributed by atoms with E-state index in [0.29, 0.717) is 29.6 Å². The van der Waals surface area contributed by atoms with Gasteiger partial charge in [0.05, 0.1) is 18.2 Å². The number of nitrogens with zero attached hydrogens (tertiary/aromatic N) is 2. The third-order valence-corrected chi connectivity index (χ3v) is 5.85. The van der Waals surface area contributed by atoms with E-state index in [2.05, 4.69) is 15.5 Å². The molecule has 4 rings (SSSR count). The first kappa shape index (κ1) is 22.1. The predicted octanol–water partition coefficient (Wildman–Crippen LogP) is 3.09. The van der Waals surface area contributed by atoms with Gasteiger partial charge >= 0.3 is 5.69 Å². The minimum atomic E-state index is -0.360. The molecule has 1 unspecified atom stereocenters. The van der Waals surface area contributed by atoms with Gasteiger partial charge in [-0.05, 0) is 41.5 Å². The molecule has 4 N–H and O–H groups in total. The van der Waals surface area contributed by atoms with E-state index < -0.39 is 0 Å². The van der Waals surface area contributed by atoms with E-state index >= 15 is 0 Å². The molecule has 2 aromatic carbocycles. The van der Waals surface area contributed by atoms with Gasteiger partial charge in [0.15, 0.2) is 5.82 Å². The second-order valence-electron chi connectivity index (χ2n) is 8.60. The van der Waals surface area contributed by atoms with Crippen molar-refractivity contribution in [2.24, 2.45) is 0 Å². The first-order chi connectivity index (χ1) is 15.4. The molecule has 1 aliphatic heterocycles. The fraction of sp³-hybridized carbons (Fsp3) is 0.417. The summed E-state index contributed by atoms with van der Waals surface area (Å²) >= 11 is 0. The van der Waals surface area contributed by atoms with Crippen LogP contribution >= 0.6 is 0 Å². The molecule has 0 saturated carbocycles. The second kappa shape index (κ2) is 9.58. The van der Waals surface area contributed by atoms with Crippen LogP contribution in [0.5, 0.6) is 11.5 Å². The van der Waals surface area contributed by atoms with Gasteiger partial charge in [-0.2, -0.15) is 5.10 Å². The molecule has 1 fully saturated rings. The number of rotatable bonds is 8. The number of phenolic OH excluding ortho intramolecular Hbond substituents is 2. The fourth-order valence-electron chi connectivity index (χ4n) is 4.03.